The Balaban J connectivity index is 2.11. The Bertz CT molecular complexity index is 483. The predicted octanol–water partition coefficient (Wildman–Crippen LogP) is 2.88. The van der Waals surface area contributed by atoms with Gasteiger partial charge in [-0.3, -0.25) is 0 Å². The lowest BCUT2D eigenvalue weighted by molar-refractivity contribution is 0.418. The van der Waals surface area contributed by atoms with Gasteiger partial charge in [0.15, 0.2) is 0 Å². The first-order valence-corrected chi connectivity index (χ1v) is 8.45. The minimum atomic E-state index is -3.39. The highest BCUT2D eigenvalue weighted by Gasteiger charge is 2.28. The average molecular weight is 294 g/mol. The number of hydrogen-bond acceptors (Lipinski definition) is 3. The van der Waals surface area contributed by atoms with Crippen molar-refractivity contribution in [2.24, 2.45) is 0 Å². The zero-order valence-electron chi connectivity index (χ0n) is 9.65. The molecule has 1 saturated carbocycles. The molecule has 2 unspecified atom stereocenters. The second-order valence-corrected chi connectivity index (χ2v) is 8.18. The van der Waals surface area contributed by atoms with E-state index in [1.54, 1.807) is 6.07 Å². The highest BCUT2D eigenvalue weighted by atomic mass is 35.5. The first-order chi connectivity index (χ1) is 7.99. The summed E-state index contributed by atoms with van der Waals surface area (Å²) >= 11 is 7.45. The number of halogens is 1. The van der Waals surface area contributed by atoms with Gasteiger partial charge < -0.3 is 0 Å². The van der Waals surface area contributed by atoms with Crippen molar-refractivity contribution >= 4 is 33.0 Å². The van der Waals surface area contributed by atoms with Crippen LogP contribution < -0.4 is 4.72 Å². The molecule has 1 fully saturated rings. The Morgan fingerprint density at radius 2 is 2.06 bits per heavy atom. The smallest absolute Gasteiger partial charge is 0.206 e. The zero-order valence-corrected chi connectivity index (χ0v) is 12.0. The summed E-state index contributed by atoms with van der Waals surface area (Å²) < 4.78 is 27.3. The molecular weight excluding hydrogens is 278 g/mol. The molecule has 6 heteroatoms. The third-order valence-electron chi connectivity index (χ3n) is 2.97. The Morgan fingerprint density at radius 3 is 2.65 bits per heavy atom. The average Bonchev–Trinajstić information content (AvgIpc) is 2.69. The SMILES string of the molecule is Cc1ccc(S(=O)(=O)NC2CCCCC2Cl)s1. The second-order valence-electron chi connectivity index (χ2n) is 4.39. The maximum Gasteiger partial charge on any atom is 0.250 e. The molecule has 2 atom stereocenters. The number of alkyl halides is 1. The highest BCUT2D eigenvalue weighted by Crippen LogP contribution is 2.26. The summed E-state index contributed by atoms with van der Waals surface area (Å²) in [6.07, 6.45) is 3.85. The van der Waals surface area contributed by atoms with Gasteiger partial charge in [0.05, 0.1) is 0 Å². The molecule has 0 spiro atoms. The van der Waals surface area contributed by atoms with E-state index in [0.717, 1.165) is 30.6 Å². The van der Waals surface area contributed by atoms with Crippen LogP contribution in [0.5, 0.6) is 0 Å². The predicted molar refractivity (Wildman–Crippen MR) is 71.3 cm³/mol. The molecule has 1 heterocycles. The molecule has 1 aliphatic rings. The molecule has 1 aromatic heterocycles. The fourth-order valence-corrected chi connectivity index (χ4v) is 5.06. The van der Waals surface area contributed by atoms with Gasteiger partial charge >= 0.3 is 0 Å². The summed E-state index contributed by atoms with van der Waals surface area (Å²) in [7, 11) is -3.39. The summed E-state index contributed by atoms with van der Waals surface area (Å²) in [5, 5.41) is -0.0837. The molecule has 17 heavy (non-hydrogen) atoms. The van der Waals surface area contributed by atoms with E-state index in [1.165, 1.54) is 11.3 Å². The van der Waals surface area contributed by atoms with Gasteiger partial charge in [0.2, 0.25) is 10.0 Å². The fourth-order valence-electron chi connectivity index (χ4n) is 2.03. The van der Waals surface area contributed by atoms with Crippen LogP contribution in [0.25, 0.3) is 0 Å². The molecule has 0 amide bonds. The van der Waals surface area contributed by atoms with Gasteiger partial charge in [-0.15, -0.1) is 22.9 Å². The van der Waals surface area contributed by atoms with Gasteiger partial charge in [-0.1, -0.05) is 12.8 Å². The number of rotatable bonds is 3. The third-order valence-corrected chi connectivity index (χ3v) is 6.47. The van der Waals surface area contributed by atoms with Gasteiger partial charge in [-0.25, -0.2) is 13.1 Å². The monoisotopic (exact) mass is 293 g/mol. The van der Waals surface area contributed by atoms with Crippen LogP contribution in [0, 0.1) is 6.92 Å². The van der Waals surface area contributed by atoms with Crippen LogP contribution in [0.1, 0.15) is 30.6 Å². The van der Waals surface area contributed by atoms with E-state index in [1.807, 2.05) is 13.0 Å². The maximum atomic E-state index is 12.1. The van der Waals surface area contributed by atoms with E-state index >= 15 is 0 Å². The zero-order chi connectivity index (χ0) is 12.5. The molecule has 1 aliphatic carbocycles. The molecule has 0 aliphatic heterocycles. The van der Waals surface area contributed by atoms with E-state index in [4.69, 9.17) is 11.6 Å². The summed E-state index contributed by atoms with van der Waals surface area (Å²) in [6.45, 7) is 1.90. The van der Waals surface area contributed by atoms with Crippen LogP contribution in [0.15, 0.2) is 16.3 Å². The van der Waals surface area contributed by atoms with Crippen LogP contribution in [0.4, 0.5) is 0 Å². The number of aryl methyl sites for hydroxylation is 1. The lowest BCUT2D eigenvalue weighted by atomic mass is 9.96. The molecule has 1 N–H and O–H groups in total. The minimum Gasteiger partial charge on any atom is -0.206 e. The number of thiophene rings is 1. The van der Waals surface area contributed by atoms with Crippen molar-refractivity contribution < 1.29 is 8.42 Å². The number of nitrogens with one attached hydrogen (secondary N) is 1. The molecule has 0 bridgehead atoms. The number of sulfonamides is 1. The van der Waals surface area contributed by atoms with E-state index < -0.39 is 10.0 Å². The second kappa shape index (κ2) is 5.26. The van der Waals surface area contributed by atoms with Crippen LogP contribution in [-0.2, 0) is 10.0 Å². The summed E-state index contributed by atoms with van der Waals surface area (Å²) in [5.74, 6) is 0. The van der Waals surface area contributed by atoms with Gasteiger partial charge in [0.25, 0.3) is 0 Å². The lowest BCUT2D eigenvalue weighted by Gasteiger charge is -2.27. The Kier molecular flexibility index (Phi) is 4.13. The van der Waals surface area contributed by atoms with Crippen molar-refractivity contribution in [3.8, 4) is 0 Å². The molecule has 0 aromatic carbocycles. The first kappa shape index (κ1) is 13.3. The molecule has 0 saturated heterocycles. The Morgan fingerprint density at radius 1 is 1.35 bits per heavy atom. The molecule has 0 radical (unpaired) electrons. The maximum absolute atomic E-state index is 12.1. The molecular formula is C11H16ClNO2S2. The van der Waals surface area contributed by atoms with E-state index in [9.17, 15) is 8.42 Å². The van der Waals surface area contributed by atoms with Gasteiger partial charge in [-0.05, 0) is 31.9 Å². The van der Waals surface area contributed by atoms with Crippen LogP contribution in [-0.4, -0.2) is 19.8 Å². The van der Waals surface area contributed by atoms with Crippen molar-refractivity contribution in [2.75, 3.05) is 0 Å². The van der Waals surface area contributed by atoms with Crippen LogP contribution in [0.3, 0.4) is 0 Å². The summed E-state index contributed by atoms with van der Waals surface area (Å²) in [5.41, 5.74) is 0. The minimum absolute atomic E-state index is 0.0837. The van der Waals surface area contributed by atoms with Crippen LogP contribution in [0.2, 0.25) is 0 Å². The fraction of sp³-hybridized carbons (Fsp3) is 0.636. The van der Waals surface area contributed by atoms with Gasteiger partial charge in [0, 0.05) is 16.3 Å². The quantitative estimate of drug-likeness (QED) is 0.871. The van der Waals surface area contributed by atoms with Crippen molar-refractivity contribution in [1.29, 1.82) is 0 Å². The van der Waals surface area contributed by atoms with Crippen molar-refractivity contribution in [3.63, 3.8) is 0 Å². The largest absolute Gasteiger partial charge is 0.250 e. The van der Waals surface area contributed by atoms with E-state index in [-0.39, 0.29) is 11.4 Å². The molecule has 96 valence electrons. The van der Waals surface area contributed by atoms with Crippen molar-refractivity contribution in [3.05, 3.63) is 17.0 Å². The van der Waals surface area contributed by atoms with Crippen LogP contribution >= 0.6 is 22.9 Å². The van der Waals surface area contributed by atoms with E-state index in [0.29, 0.717) is 4.21 Å². The standard InChI is InChI=1S/C11H16ClNO2S2/c1-8-6-7-11(16-8)17(14,15)13-10-5-3-2-4-9(10)12/h6-7,9-10,13H,2-5H2,1H3. The first-order valence-electron chi connectivity index (χ1n) is 5.72. The Hall–Kier alpha value is -0.100. The van der Waals surface area contributed by atoms with Crippen molar-refractivity contribution in [2.45, 2.75) is 48.2 Å². The number of hydrogen-bond donors (Lipinski definition) is 1. The third kappa shape index (κ3) is 3.22. The molecule has 3 nitrogen and oxygen atoms in total. The highest BCUT2D eigenvalue weighted by molar-refractivity contribution is 7.91. The summed E-state index contributed by atoms with van der Waals surface area (Å²) in [4.78, 5) is 0.997. The van der Waals surface area contributed by atoms with Gasteiger partial charge in [-0.2, -0.15) is 0 Å². The van der Waals surface area contributed by atoms with Gasteiger partial charge in [0.1, 0.15) is 4.21 Å². The van der Waals surface area contributed by atoms with Crippen molar-refractivity contribution in [1.82, 2.24) is 4.72 Å². The molecule has 2 rings (SSSR count). The lowest BCUT2D eigenvalue weighted by Crippen LogP contribution is -2.42. The van der Waals surface area contributed by atoms with E-state index in [2.05, 4.69) is 4.72 Å². The topological polar surface area (TPSA) is 46.2 Å². The normalized spacial score (nSPS) is 26.0. The molecule has 1 aromatic rings. The Labute approximate surface area is 111 Å². The summed E-state index contributed by atoms with van der Waals surface area (Å²) in [6, 6.07) is 3.34.